The number of hydrogen-bond donors (Lipinski definition) is 1. The van der Waals surface area contributed by atoms with Crippen LogP contribution >= 0.6 is 0 Å². The first-order valence-corrected chi connectivity index (χ1v) is 9.13. The highest BCUT2D eigenvalue weighted by molar-refractivity contribution is 5.88. The summed E-state index contributed by atoms with van der Waals surface area (Å²) in [6.07, 6.45) is -3.72. The van der Waals surface area contributed by atoms with E-state index in [4.69, 9.17) is 4.74 Å². The van der Waals surface area contributed by atoms with Gasteiger partial charge in [-0.1, -0.05) is 42.5 Å². The molecule has 0 amide bonds. The molecule has 2 aromatic carbocycles. The van der Waals surface area contributed by atoms with Gasteiger partial charge in [0.25, 0.3) is 0 Å². The maximum Gasteiger partial charge on any atom is 0.491 e. The van der Waals surface area contributed by atoms with Crippen molar-refractivity contribution in [3.63, 3.8) is 0 Å². The van der Waals surface area contributed by atoms with E-state index in [1.54, 1.807) is 0 Å². The summed E-state index contributed by atoms with van der Waals surface area (Å²) in [5.41, 5.74) is 2.15. The lowest BCUT2D eigenvalue weighted by Gasteiger charge is -2.09. The smallest absolute Gasteiger partial charge is 0.491 e. The Labute approximate surface area is 166 Å². The standard InChI is InChI=1S/C21H22F3NO4/c22-21(23,24)20(27)29-19(26)11-12-25-15-17-8-4-10-18(14-17)28-13-5-9-16-6-2-1-3-7-16/h1-4,6-8,10,14,25H,5,9,11-13,15H2. The van der Waals surface area contributed by atoms with E-state index in [1.165, 1.54) is 5.56 Å². The van der Waals surface area contributed by atoms with Crippen LogP contribution in [0.2, 0.25) is 0 Å². The molecule has 2 aromatic rings. The fourth-order valence-corrected chi connectivity index (χ4v) is 2.49. The van der Waals surface area contributed by atoms with Gasteiger partial charge in [-0.3, -0.25) is 4.79 Å². The molecule has 0 unspecified atom stereocenters. The van der Waals surface area contributed by atoms with Crippen LogP contribution in [0.5, 0.6) is 5.75 Å². The summed E-state index contributed by atoms with van der Waals surface area (Å²) in [6, 6.07) is 17.5. The molecule has 0 saturated carbocycles. The Morgan fingerprint density at radius 1 is 0.966 bits per heavy atom. The summed E-state index contributed by atoms with van der Waals surface area (Å²) in [5.74, 6) is -3.01. The van der Waals surface area contributed by atoms with E-state index in [2.05, 4.69) is 22.2 Å². The summed E-state index contributed by atoms with van der Waals surface area (Å²) < 4.78 is 45.5. The van der Waals surface area contributed by atoms with Gasteiger partial charge in [0, 0.05) is 13.1 Å². The highest BCUT2D eigenvalue weighted by Gasteiger charge is 2.42. The Morgan fingerprint density at radius 3 is 2.41 bits per heavy atom. The molecule has 0 aliphatic rings. The molecule has 5 nitrogen and oxygen atoms in total. The lowest BCUT2D eigenvalue weighted by molar-refractivity contribution is -0.201. The molecule has 156 valence electrons. The molecule has 0 heterocycles. The molecular formula is C21H22F3NO4. The summed E-state index contributed by atoms with van der Waals surface area (Å²) in [5, 5.41) is 2.91. The molecule has 2 rings (SSSR count). The van der Waals surface area contributed by atoms with E-state index in [9.17, 15) is 22.8 Å². The number of alkyl halides is 3. The van der Waals surface area contributed by atoms with Gasteiger partial charge in [-0.05, 0) is 36.1 Å². The van der Waals surface area contributed by atoms with Crippen molar-refractivity contribution in [1.82, 2.24) is 5.32 Å². The second-order valence-corrected chi connectivity index (χ2v) is 6.27. The van der Waals surface area contributed by atoms with Gasteiger partial charge in [-0.25, -0.2) is 4.79 Å². The molecule has 8 heteroatoms. The Morgan fingerprint density at radius 2 is 1.69 bits per heavy atom. The number of esters is 2. The van der Waals surface area contributed by atoms with Gasteiger partial charge < -0.3 is 14.8 Å². The van der Waals surface area contributed by atoms with Crippen molar-refractivity contribution < 1.29 is 32.2 Å². The van der Waals surface area contributed by atoms with Crippen LogP contribution in [0.4, 0.5) is 13.2 Å². The van der Waals surface area contributed by atoms with E-state index in [1.807, 2.05) is 42.5 Å². The van der Waals surface area contributed by atoms with E-state index < -0.39 is 18.1 Å². The van der Waals surface area contributed by atoms with Crippen LogP contribution in [0, 0.1) is 0 Å². The molecule has 29 heavy (non-hydrogen) atoms. The minimum Gasteiger partial charge on any atom is -0.494 e. The van der Waals surface area contributed by atoms with Gasteiger partial charge in [0.15, 0.2) is 0 Å². The summed E-state index contributed by atoms with van der Waals surface area (Å²) in [7, 11) is 0. The van der Waals surface area contributed by atoms with Gasteiger partial charge in [-0.2, -0.15) is 13.2 Å². The van der Waals surface area contributed by atoms with E-state index in [0.29, 0.717) is 18.9 Å². The highest BCUT2D eigenvalue weighted by atomic mass is 19.4. The number of halogens is 3. The fraction of sp³-hybridized carbons (Fsp3) is 0.333. The van der Waals surface area contributed by atoms with Crippen molar-refractivity contribution in [2.24, 2.45) is 0 Å². The van der Waals surface area contributed by atoms with Gasteiger partial charge >= 0.3 is 18.1 Å². The minimum atomic E-state index is -5.18. The number of hydrogen-bond acceptors (Lipinski definition) is 5. The maximum atomic E-state index is 12.0. The Balaban J connectivity index is 1.65. The number of rotatable bonds is 10. The molecule has 0 radical (unpaired) electrons. The van der Waals surface area contributed by atoms with Crippen LogP contribution in [-0.2, 0) is 27.3 Å². The van der Waals surface area contributed by atoms with Crippen LogP contribution in [-0.4, -0.2) is 31.3 Å². The molecule has 0 bridgehead atoms. The van der Waals surface area contributed by atoms with Gasteiger partial charge in [0.2, 0.25) is 0 Å². The number of benzene rings is 2. The predicted molar refractivity (Wildman–Crippen MR) is 100 cm³/mol. The number of carbonyl (C=O) groups excluding carboxylic acids is 2. The lowest BCUT2D eigenvalue weighted by Crippen LogP contribution is -2.29. The largest absolute Gasteiger partial charge is 0.494 e. The number of ether oxygens (including phenoxy) is 2. The zero-order valence-corrected chi connectivity index (χ0v) is 15.7. The topological polar surface area (TPSA) is 64.6 Å². The zero-order chi connectivity index (χ0) is 21.1. The van der Waals surface area contributed by atoms with Gasteiger partial charge in [-0.15, -0.1) is 0 Å². The van der Waals surface area contributed by atoms with Crippen molar-refractivity contribution in [2.75, 3.05) is 13.2 Å². The Bertz CT molecular complexity index is 794. The van der Waals surface area contributed by atoms with E-state index in [-0.39, 0.29) is 13.0 Å². The predicted octanol–water partition coefficient (Wildman–Crippen LogP) is 3.81. The first-order valence-electron chi connectivity index (χ1n) is 9.13. The number of carbonyl (C=O) groups is 2. The quantitative estimate of drug-likeness (QED) is 0.367. The van der Waals surface area contributed by atoms with Gasteiger partial charge in [0.1, 0.15) is 5.75 Å². The van der Waals surface area contributed by atoms with E-state index >= 15 is 0 Å². The first kappa shape index (κ1) is 22.4. The average molecular weight is 409 g/mol. The number of aryl methyl sites for hydroxylation is 1. The summed E-state index contributed by atoms with van der Waals surface area (Å²) >= 11 is 0. The van der Waals surface area contributed by atoms with Crippen molar-refractivity contribution in [2.45, 2.75) is 32.0 Å². The molecule has 0 spiro atoms. The highest BCUT2D eigenvalue weighted by Crippen LogP contribution is 2.17. The van der Waals surface area contributed by atoms with Crippen molar-refractivity contribution in [3.05, 3.63) is 65.7 Å². The van der Waals surface area contributed by atoms with Crippen LogP contribution in [0.1, 0.15) is 24.0 Å². The average Bonchev–Trinajstić information content (AvgIpc) is 2.69. The normalized spacial score (nSPS) is 11.1. The molecular weight excluding hydrogens is 387 g/mol. The monoisotopic (exact) mass is 409 g/mol. The summed E-state index contributed by atoms with van der Waals surface area (Å²) in [6.45, 7) is 1.04. The second kappa shape index (κ2) is 11.2. The summed E-state index contributed by atoms with van der Waals surface area (Å²) in [4.78, 5) is 21.8. The van der Waals surface area contributed by atoms with E-state index in [0.717, 1.165) is 18.4 Å². The first-order chi connectivity index (χ1) is 13.8. The molecule has 0 atom stereocenters. The van der Waals surface area contributed by atoms with Crippen molar-refractivity contribution in [1.29, 1.82) is 0 Å². The Kier molecular flexibility index (Phi) is 8.67. The SMILES string of the molecule is O=C(CCNCc1cccc(OCCCc2ccccc2)c1)OC(=O)C(F)(F)F. The van der Waals surface area contributed by atoms with Crippen molar-refractivity contribution in [3.8, 4) is 5.75 Å². The van der Waals surface area contributed by atoms with Gasteiger partial charge in [0.05, 0.1) is 13.0 Å². The number of nitrogens with one attached hydrogen (secondary N) is 1. The maximum absolute atomic E-state index is 12.0. The lowest BCUT2D eigenvalue weighted by atomic mass is 10.1. The third-order valence-corrected chi connectivity index (χ3v) is 3.89. The van der Waals surface area contributed by atoms with Crippen LogP contribution in [0.15, 0.2) is 54.6 Å². The molecule has 1 N–H and O–H groups in total. The minimum absolute atomic E-state index is 0.0755. The third kappa shape index (κ3) is 8.78. The van der Waals surface area contributed by atoms with Crippen molar-refractivity contribution >= 4 is 11.9 Å². The van der Waals surface area contributed by atoms with Crippen LogP contribution < -0.4 is 10.1 Å². The molecule has 0 fully saturated rings. The molecule has 0 aromatic heterocycles. The van der Waals surface area contributed by atoms with Crippen LogP contribution in [0.25, 0.3) is 0 Å². The molecule has 0 saturated heterocycles. The third-order valence-electron chi connectivity index (χ3n) is 3.89. The van der Waals surface area contributed by atoms with Crippen LogP contribution in [0.3, 0.4) is 0 Å². The molecule has 0 aliphatic heterocycles. The second-order valence-electron chi connectivity index (χ2n) is 6.27. The fourth-order valence-electron chi connectivity index (χ4n) is 2.49. The Hall–Kier alpha value is -2.87. The zero-order valence-electron chi connectivity index (χ0n) is 15.7. The molecule has 0 aliphatic carbocycles.